The third-order valence-electron chi connectivity index (χ3n) is 3.79. The first-order valence-electron chi connectivity index (χ1n) is 7.82. The van der Waals surface area contributed by atoms with Crippen molar-refractivity contribution in [3.8, 4) is 5.69 Å². The van der Waals surface area contributed by atoms with Crippen LogP contribution in [-0.2, 0) is 6.54 Å². The van der Waals surface area contributed by atoms with Gasteiger partial charge in [-0.25, -0.2) is 19.5 Å². The van der Waals surface area contributed by atoms with Crippen LogP contribution in [-0.4, -0.2) is 23.7 Å². The van der Waals surface area contributed by atoms with Crippen LogP contribution in [0.15, 0.2) is 64.9 Å². The summed E-state index contributed by atoms with van der Waals surface area (Å²) < 4.78 is 5.94. The van der Waals surface area contributed by atoms with Crippen LogP contribution < -0.4 is 10.5 Å². The van der Waals surface area contributed by atoms with E-state index in [1.165, 1.54) is 6.33 Å². The van der Waals surface area contributed by atoms with Crippen molar-refractivity contribution in [3.63, 3.8) is 0 Å². The molecule has 2 aromatic heterocycles. The SMILES string of the molecule is O=c1[nH]s/c(=N\c2ccc(Cl)c(Cl)c2)n1Cc1ccc(-n2cncn2)cc1. The molecular formula is C17H12Cl2N6OS. The Hall–Kier alpha value is -2.68. The van der Waals surface area contributed by atoms with E-state index in [0.717, 1.165) is 22.8 Å². The maximum atomic E-state index is 12.2. The van der Waals surface area contributed by atoms with E-state index in [9.17, 15) is 4.79 Å². The van der Waals surface area contributed by atoms with E-state index in [1.807, 2.05) is 24.3 Å². The lowest BCUT2D eigenvalue weighted by atomic mass is 10.2. The van der Waals surface area contributed by atoms with Gasteiger partial charge in [-0.1, -0.05) is 35.3 Å². The highest BCUT2D eigenvalue weighted by Gasteiger charge is 2.06. The lowest BCUT2D eigenvalue weighted by Gasteiger charge is -2.04. The first-order chi connectivity index (χ1) is 13.1. The largest absolute Gasteiger partial charge is 0.337 e. The van der Waals surface area contributed by atoms with E-state index >= 15 is 0 Å². The molecule has 1 N–H and O–H groups in total. The Morgan fingerprint density at radius 2 is 1.93 bits per heavy atom. The fourth-order valence-corrected chi connectivity index (χ4v) is 3.44. The molecule has 7 nitrogen and oxygen atoms in total. The Balaban J connectivity index is 1.65. The summed E-state index contributed by atoms with van der Waals surface area (Å²) in [5, 5.41) is 4.96. The van der Waals surface area contributed by atoms with E-state index in [-0.39, 0.29) is 5.69 Å². The van der Waals surface area contributed by atoms with Crippen molar-refractivity contribution in [1.29, 1.82) is 0 Å². The second-order valence-corrected chi connectivity index (χ2v) is 7.18. The predicted molar refractivity (Wildman–Crippen MR) is 105 cm³/mol. The summed E-state index contributed by atoms with van der Waals surface area (Å²) in [5.74, 6) is 0. The fraction of sp³-hybridized carbons (Fsp3) is 0.0588. The van der Waals surface area contributed by atoms with Gasteiger partial charge in [0.1, 0.15) is 12.7 Å². The number of hydrogen-bond donors (Lipinski definition) is 1. The molecule has 0 aliphatic heterocycles. The minimum Gasteiger partial charge on any atom is -0.263 e. The maximum Gasteiger partial charge on any atom is 0.337 e. The summed E-state index contributed by atoms with van der Waals surface area (Å²) in [4.78, 5) is 21.2. The van der Waals surface area contributed by atoms with Gasteiger partial charge in [0.05, 0.1) is 28.0 Å². The van der Waals surface area contributed by atoms with Crippen molar-refractivity contribution in [2.75, 3.05) is 0 Å². The van der Waals surface area contributed by atoms with Crippen molar-refractivity contribution in [2.45, 2.75) is 6.54 Å². The number of H-pyrrole nitrogens is 1. The fourth-order valence-electron chi connectivity index (χ4n) is 2.45. The topological polar surface area (TPSA) is 80.9 Å². The zero-order valence-corrected chi connectivity index (χ0v) is 16.0. The quantitative estimate of drug-likeness (QED) is 0.551. The molecule has 0 fully saturated rings. The van der Waals surface area contributed by atoms with Crippen molar-refractivity contribution < 1.29 is 0 Å². The van der Waals surface area contributed by atoms with Crippen molar-refractivity contribution in [2.24, 2.45) is 4.99 Å². The van der Waals surface area contributed by atoms with Gasteiger partial charge in [-0.05, 0) is 47.4 Å². The molecule has 2 heterocycles. The smallest absolute Gasteiger partial charge is 0.263 e. The number of aromatic nitrogens is 5. The molecule has 0 radical (unpaired) electrons. The Morgan fingerprint density at radius 1 is 1.11 bits per heavy atom. The van der Waals surface area contributed by atoms with Gasteiger partial charge in [0.2, 0.25) is 4.80 Å². The van der Waals surface area contributed by atoms with E-state index < -0.39 is 0 Å². The van der Waals surface area contributed by atoms with Crippen LogP contribution in [0.2, 0.25) is 10.0 Å². The molecule has 0 unspecified atom stereocenters. The molecule has 0 amide bonds. The van der Waals surface area contributed by atoms with Crippen LogP contribution in [0.25, 0.3) is 5.69 Å². The zero-order chi connectivity index (χ0) is 18.8. The molecule has 136 valence electrons. The molecule has 27 heavy (non-hydrogen) atoms. The monoisotopic (exact) mass is 418 g/mol. The molecule has 4 rings (SSSR count). The van der Waals surface area contributed by atoms with Crippen LogP contribution >= 0.6 is 34.7 Å². The maximum absolute atomic E-state index is 12.2. The number of benzene rings is 2. The van der Waals surface area contributed by atoms with Gasteiger partial charge in [-0.2, -0.15) is 5.10 Å². The minimum atomic E-state index is -0.223. The van der Waals surface area contributed by atoms with Gasteiger partial charge in [0.15, 0.2) is 0 Å². The van der Waals surface area contributed by atoms with Crippen LogP contribution in [0.4, 0.5) is 5.69 Å². The first kappa shape index (κ1) is 17.7. The number of hydrogen-bond acceptors (Lipinski definition) is 5. The van der Waals surface area contributed by atoms with Crippen LogP contribution in [0.1, 0.15) is 5.56 Å². The molecule has 0 spiro atoms. The molecule has 10 heteroatoms. The predicted octanol–water partition coefficient (Wildman–Crippen LogP) is 3.41. The summed E-state index contributed by atoms with van der Waals surface area (Å²) in [6.45, 7) is 0.386. The molecule has 0 aliphatic rings. The summed E-state index contributed by atoms with van der Waals surface area (Å²) in [5.41, 5.74) is 2.24. The molecule has 2 aromatic carbocycles. The Kier molecular flexibility index (Phi) is 4.93. The van der Waals surface area contributed by atoms with E-state index in [4.69, 9.17) is 23.2 Å². The molecule has 0 atom stereocenters. The first-order valence-corrected chi connectivity index (χ1v) is 9.39. The van der Waals surface area contributed by atoms with E-state index in [2.05, 4.69) is 19.4 Å². The number of nitrogens with zero attached hydrogens (tertiary/aromatic N) is 5. The Morgan fingerprint density at radius 3 is 2.63 bits per heavy atom. The summed E-state index contributed by atoms with van der Waals surface area (Å²) in [6.07, 6.45) is 3.10. The zero-order valence-electron chi connectivity index (χ0n) is 13.7. The number of nitrogens with one attached hydrogen (secondary N) is 1. The van der Waals surface area contributed by atoms with Gasteiger partial charge in [-0.15, -0.1) is 0 Å². The van der Waals surface area contributed by atoms with Gasteiger partial charge in [0, 0.05) is 0 Å². The lowest BCUT2D eigenvalue weighted by Crippen LogP contribution is -2.26. The minimum absolute atomic E-state index is 0.223. The van der Waals surface area contributed by atoms with Crippen molar-refractivity contribution in [3.05, 3.63) is 86.0 Å². The average Bonchev–Trinajstić information content (AvgIpc) is 3.31. The lowest BCUT2D eigenvalue weighted by molar-refractivity contribution is 0.727. The number of rotatable bonds is 4. The normalized spacial score (nSPS) is 11.9. The Bertz CT molecular complexity index is 1190. The highest BCUT2D eigenvalue weighted by Crippen LogP contribution is 2.26. The third kappa shape index (κ3) is 3.87. The van der Waals surface area contributed by atoms with Gasteiger partial charge < -0.3 is 0 Å². The standard InChI is InChI=1S/C17H12Cl2N6OS/c18-14-6-3-12(7-15(14)19)22-17-24(16(26)23-27-17)8-11-1-4-13(5-2-11)25-10-20-9-21-25/h1-7,9-10H,8H2,(H,23,26)/b22-17-. The molecule has 0 saturated carbocycles. The van der Waals surface area contributed by atoms with E-state index in [0.29, 0.717) is 27.1 Å². The van der Waals surface area contributed by atoms with Crippen molar-refractivity contribution in [1.82, 2.24) is 23.7 Å². The van der Waals surface area contributed by atoms with Crippen molar-refractivity contribution >= 4 is 40.4 Å². The molecule has 4 aromatic rings. The second-order valence-electron chi connectivity index (χ2n) is 5.59. The van der Waals surface area contributed by atoms with Gasteiger partial charge in [-0.3, -0.25) is 8.94 Å². The summed E-state index contributed by atoms with van der Waals surface area (Å²) >= 11 is 13.1. The third-order valence-corrected chi connectivity index (χ3v) is 5.30. The van der Waals surface area contributed by atoms with Crippen LogP contribution in [0, 0.1) is 0 Å². The summed E-state index contributed by atoms with van der Waals surface area (Å²) in [6, 6.07) is 12.8. The number of halogens is 2. The van der Waals surface area contributed by atoms with Gasteiger partial charge in [0.25, 0.3) is 0 Å². The molecule has 0 saturated heterocycles. The van der Waals surface area contributed by atoms with Gasteiger partial charge >= 0.3 is 5.69 Å². The number of aromatic amines is 1. The summed E-state index contributed by atoms with van der Waals surface area (Å²) in [7, 11) is 0. The molecular weight excluding hydrogens is 407 g/mol. The van der Waals surface area contributed by atoms with Crippen LogP contribution in [0.5, 0.6) is 0 Å². The highest BCUT2D eigenvalue weighted by atomic mass is 35.5. The highest BCUT2D eigenvalue weighted by molar-refractivity contribution is 7.02. The van der Waals surface area contributed by atoms with E-state index in [1.54, 1.807) is 33.8 Å². The van der Waals surface area contributed by atoms with Crippen LogP contribution in [0.3, 0.4) is 0 Å². The average molecular weight is 419 g/mol. The Labute approximate surface area is 167 Å². The second kappa shape index (κ2) is 7.51. The molecule has 0 aliphatic carbocycles. The molecule has 0 bridgehead atoms.